The molecule has 0 fully saturated rings. The first-order valence-electron chi connectivity index (χ1n) is 6.64. The first-order valence-corrected chi connectivity index (χ1v) is 7.02. The van der Waals surface area contributed by atoms with E-state index in [1.807, 2.05) is 12.1 Å². The molecule has 5 heteroatoms. The number of halogens is 1. The lowest BCUT2D eigenvalue weighted by atomic mass is 10.0. The largest absolute Gasteiger partial charge is 0.493 e. The Morgan fingerprint density at radius 3 is 2.71 bits per heavy atom. The Morgan fingerprint density at radius 2 is 2.00 bits per heavy atom. The van der Waals surface area contributed by atoms with Crippen LogP contribution >= 0.6 is 11.6 Å². The number of carboxylic acids is 1. The summed E-state index contributed by atoms with van der Waals surface area (Å²) < 4.78 is 5.44. The maximum absolute atomic E-state index is 11.6. The van der Waals surface area contributed by atoms with Gasteiger partial charge >= 0.3 is 5.97 Å². The fourth-order valence-corrected chi connectivity index (χ4v) is 2.51. The van der Waals surface area contributed by atoms with Crippen LogP contribution in [-0.4, -0.2) is 17.7 Å². The fourth-order valence-electron chi connectivity index (χ4n) is 2.39. The van der Waals surface area contributed by atoms with Crippen LogP contribution in [0.2, 0.25) is 5.02 Å². The van der Waals surface area contributed by atoms with Gasteiger partial charge in [-0.15, -0.1) is 0 Å². The summed E-state index contributed by atoms with van der Waals surface area (Å²) in [5, 5.41) is 13.1. The summed E-state index contributed by atoms with van der Waals surface area (Å²) in [6.45, 7) is 0.654. The molecule has 2 aromatic carbocycles. The minimum atomic E-state index is -0.927. The Morgan fingerprint density at radius 1 is 1.24 bits per heavy atom. The van der Waals surface area contributed by atoms with Crippen molar-refractivity contribution in [1.29, 1.82) is 0 Å². The van der Waals surface area contributed by atoms with Crippen molar-refractivity contribution in [3.05, 3.63) is 58.6 Å². The van der Waals surface area contributed by atoms with E-state index in [4.69, 9.17) is 16.3 Å². The van der Waals surface area contributed by atoms with E-state index in [9.17, 15) is 9.90 Å². The van der Waals surface area contributed by atoms with Crippen molar-refractivity contribution in [3.8, 4) is 5.75 Å². The molecule has 0 amide bonds. The number of benzene rings is 2. The van der Waals surface area contributed by atoms with Crippen LogP contribution in [0.25, 0.3) is 0 Å². The molecule has 0 radical (unpaired) electrons. The average molecular weight is 304 g/mol. The Balaban J connectivity index is 1.87. The molecule has 1 aliphatic heterocycles. The highest BCUT2D eigenvalue weighted by atomic mass is 35.5. The molecule has 3 rings (SSSR count). The number of nitrogens with one attached hydrogen (secondary N) is 1. The third-order valence-corrected chi connectivity index (χ3v) is 3.70. The minimum Gasteiger partial charge on any atom is -0.493 e. The lowest BCUT2D eigenvalue weighted by Gasteiger charge is -2.17. The highest BCUT2D eigenvalue weighted by Crippen LogP contribution is 2.29. The van der Waals surface area contributed by atoms with Gasteiger partial charge in [0.05, 0.1) is 6.61 Å². The van der Waals surface area contributed by atoms with Crippen LogP contribution in [0.1, 0.15) is 17.2 Å². The van der Waals surface area contributed by atoms with E-state index in [0.717, 1.165) is 17.7 Å². The van der Waals surface area contributed by atoms with E-state index in [1.54, 1.807) is 30.3 Å². The number of rotatable bonds is 4. The van der Waals surface area contributed by atoms with E-state index in [2.05, 4.69) is 5.32 Å². The van der Waals surface area contributed by atoms with Crippen LogP contribution in [0, 0.1) is 0 Å². The van der Waals surface area contributed by atoms with Crippen molar-refractivity contribution in [2.75, 3.05) is 11.9 Å². The molecule has 1 atom stereocenters. The summed E-state index contributed by atoms with van der Waals surface area (Å²) in [5.41, 5.74) is 2.47. The first-order chi connectivity index (χ1) is 10.1. The third-order valence-electron chi connectivity index (χ3n) is 3.45. The average Bonchev–Trinajstić information content (AvgIpc) is 2.93. The van der Waals surface area contributed by atoms with Crippen LogP contribution in [0.5, 0.6) is 5.75 Å². The fraction of sp³-hybridized carbons (Fsp3) is 0.188. The van der Waals surface area contributed by atoms with Gasteiger partial charge in [0.1, 0.15) is 5.75 Å². The van der Waals surface area contributed by atoms with E-state index in [0.29, 0.717) is 22.9 Å². The number of carboxylic acid groups (broad SMARTS) is 1. The molecule has 2 aromatic rings. The monoisotopic (exact) mass is 303 g/mol. The van der Waals surface area contributed by atoms with Crippen LogP contribution < -0.4 is 10.1 Å². The maximum Gasteiger partial charge on any atom is 0.330 e. The van der Waals surface area contributed by atoms with E-state index in [-0.39, 0.29) is 0 Å². The van der Waals surface area contributed by atoms with Gasteiger partial charge in [0.15, 0.2) is 6.04 Å². The Bertz CT molecular complexity index is 670. The number of aliphatic carboxylic acids is 1. The summed E-state index contributed by atoms with van der Waals surface area (Å²) in [7, 11) is 0. The van der Waals surface area contributed by atoms with Gasteiger partial charge in [0.2, 0.25) is 0 Å². The zero-order chi connectivity index (χ0) is 14.8. The quantitative estimate of drug-likeness (QED) is 0.907. The van der Waals surface area contributed by atoms with Crippen molar-refractivity contribution in [1.82, 2.24) is 0 Å². The smallest absolute Gasteiger partial charge is 0.330 e. The molecular formula is C16H14ClNO3. The Labute approximate surface area is 127 Å². The van der Waals surface area contributed by atoms with Crippen LogP contribution in [0.3, 0.4) is 0 Å². The standard InChI is InChI=1S/C16H14ClNO3/c17-12-2-4-13(5-3-12)18-15(16(19)20)11-1-6-14-10(9-11)7-8-21-14/h1-6,9,15,18H,7-8H2,(H,19,20). The van der Waals surface area contributed by atoms with Gasteiger partial charge in [0.25, 0.3) is 0 Å². The SMILES string of the molecule is O=C(O)C(Nc1ccc(Cl)cc1)c1ccc2c(c1)CCO2. The van der Waals surface area contributed by atoms with Crippen LogP contribution in [-0.2, 0) is 11.2 Å². The molecule has 1 heterocycles. The summed E-state index contributed by atoms with van der Waals surface area (Å²) in [6.07, 6.45) is 0.816. The van der Waals surface area contributed by atoms with Gasteiger partial charge in [-0.1, -0.05) is 17.7 Å². The molecule has 0 aromatic heterocycles. The normalized spacial score (nSPS) is 14.1. The third kappa shape index (κ3) is 2.95. The van der Waals surface area contributed by atoms with Crippen molar-refractivity contribution in [2.45, 2.75) is 12.5 Å². The number of anilines is 1. The van der Waals surface area contributed by atoms with E-state index >= 15 is 0 Å². The van der Waals surface area contributed by atoms with Gasteiger partial charge in [0, 0.05) is 17.1 Å². The lowest BCUT2D eigenvalue weighted by molar-refractivity contribution is -0.138. The maximum atomic E-state index is 11.6. The van der Waals surface area contributed by atoms with Crippen molar-refractivity contribution in [2.24, 2.45) is 0 Å². The van der Waals surface area contributed by atoms with E-state index < -0.39 is 12.0 Å². The predicted octanol–water partition coefficient (Wildman–Crippen LogP) is 3.51. The molecule has 0 bridgehead atoms. The topological polar surface area (TPSA) is 58.6 Å². The molecule has 0 spiro atoms. The number of carbonyl (C=O) groups is 1. The molecule has 108 valence electrons. The predicted molar refractivity (Wildman–Crippen MR) is 81.1 cm³/mol. The highest BCUT2D eigenvalue weighted by molar-refractivity contribution is 6.30. The van der Waals surface area contributed by atoms with Crippen molar-refractivity contribution in [3.63, 3.8) is 0 Å². The Kier molecular flexibility index (Phi) is 3.71. The van der Waals surface area contributed by atoms with Crippen LogP contribution in [0.4, 0.5) is 5.69 Å². The van der Waals surface area contributed by atoms with Crippen LogP contribution in [0.15, 0.2) is 42.5 Å². The number of ether oxygens (including phenoxy) is 1. The molecule has 2 N–H and O–H groups in total. The number of hydrogen-bond donors (Lipinski definition) is 2. The Hall–Kier alpha value is -2.20. The van der Waals surface area contributed by atoms with Gasteiger partial charge in [-0.3, -0.25) is 0 Å². The van der Waals surface area contributed by atoms with Gasteiger partial charge in [-0.05, 0) is 47.5 Å². The summed E-state index contributed by atoms with van der Waals surface area (Å²) >= 11 is 5.83. The molecule has 1 unspecified atom stereocenters. The van der Waals surface area contributed by atoms with Gasteiger partial charge < -0.3 is 15.2 Å². The molecule has 0 saturated carbocycles. The van der Waals surface area contributed by atoms with Crippen molar-refractivity contribution < 1.29 is 14.6 Å². The second kappa shape index (κ2) is 5.66. The molecule has 1 aliphatic rings. The minimum absolute atomic E-state index is 0.613. The first kappa shape index (κ1) is 13.8. The summed E-state index contributed by atoms with van der Waals surface area (Å²) in [4.78, 5) is 11.6. The van der Waals surface area contributed by atoms with Gasteiger partial charge in [-0.2, -0.15) is 0 Å². The summed E-state index contributed by atoms with van der Waals surface area (Å²) in [6, 6.07) is 11.7. The highest BCUT2D eigenvalue weighted by Gasteiger charge is 2.22. The van der Waals surface area contributed by atoms with E-state index in [1.165, 1.54) is 0 Å². The van der Waals surface area contributed by atoms with Gasteiger partial charge in [-0.25, -0.2) is 4.79 Å². The second-order valence-corrected chi connectivity index (χ2v) is 5.32. The molecular weight excluding hydrogens is 290 g/mol. The molecule has 0 aliphatic carbocycles. The molecule has 0 saturated heterocycles. The molecule has 4 nitrogen and oxygen atoms in total. The zero-order valence-electron chi connectivity index (χ0n) is 11.2. The lowest BCUT2D eigenvalue weighted by Crippen LogP contribution is -2.20. The van der Waals surface area contributed by atoms with Crippen molar-refractivity contribution >= 4 is 23.3 Å². The number of fused-ring (bicyclic) bond motifs is 1. The zero-order valence-corrected chi connectivity index (χ0v) is 11.9. The molecule has 21 heavy (non-hydrogen) atoms. The second-order valence-electron chi connectivity index (χ2n) is 4.89. The number of hydrogen-bond acceptors (Lipinski definition) is 3. The summed E-state index contributed by atoms with van der Waals surface area (Å²) in [5.74, 6) is -0.0850.